The van der Waals surface area contributed by atoms with Crippen LogP contribution >= 0.6 is 11.8 Å². The molecule has 1 aromatic carbocycles. The average Bonchev–Trinajstić information content (AvgIpc) is 2.34. The third-order valence-corrected chi connectivity index (χ3v) is 4.17. The summed E-state index contributed by atoms with van der Waals surface area (Å²) in [5.41, 5.74) is 0. The maximum atomic E-state index is 9.64. The van der Waals surface area contributed by atoms with Crippen molar-refractivity contribution in [3.05, 3.63) is 24.3 Å². The minimum absolute atomic E-state index is 0.399. The van der Waals surface area contributed by atoms with Crippen LogP contribution in [0.3, 0.4) is 0 Å². The quantitative estimate of drug-likeness (QED) is 0.826. The molecule has 1 N–H and O–H groups in total. The molecule has 1 saturated heterocycles. The maximum Gasteiger partial charge on any atom is 0.129 e. The average molecular weight is 252 g/mol. The van der Waals surface area contributed by atoms with E-state index >= 15 is 0 Å². The van der Waals surface area contributed by atoms with Crippen molar-refractivity contribution in [2.24, 2.45) is 0 Å². The zero-order chi connectivity index (χ0) is 12.1. The van der Waals surface area contributed by atoms with Gasteiger partial charge in [-0.25, -0.2) is 0 Å². The number of piperazine rings is 1. The minimum Gasteiger partial charge on any atom is -0.507 e. The Morgan fingerprint density at radius 1 is 1.18 bits per heavy atom. The first-order valence-corrected chi connectivity index (χ1v) is 7.06. The van der Waals surface area contributed by atoms with Crippen molar-refractivity contribution in [3.8, 4) is 5.75 Å². The molecule has 2 rings (SSSR count). The van der Waals surface area contributed by atoms with Gasteiger partial charge in [-0.3, -0.25) is 4.90 Å². The zero-order valence-corrected chi connectivity index (χ0v) is 11.1. The van der Waals surface area contributed by atoms with Crippen LogP contribution in [0.5, 0.6) is 5.75 Å². The largest absolute Gasteiger partial charge is 0.507 e. The van der Waals surface area contributed by atoms with Gasteiger partial charge < -0.3 is 10.0 Å². The Kier molecular flexibility index (Phi) is 4.71. The molecule has 1 fully saturated rings. The molecule has 0 atom stereocenters. The van der Waals surface area contributed by atoms with E-state index in [2.05, 4.69) is 16.8 Å². The first kappa shape index (κ1) is 12.7. The summed E-state index contributed by atoms with van der Waals surface area (Å²) in [5.74, 6) is 1.44. The Balaban J connectivity index is 1.71. The number of phenolic OH excluding ortho intramolecular Hbond substituents is 1. The van der Waals surface area contributed by atoms with Crippen LogP contribution in [-0.2, 0) is 0 Å². The lowest BCUT2D eigenvalue weighted by molar-refractivity contribution is 0.161. The Morgan fingerprint density at radius 3 is 2.59 bits per heavy atom. The lowest BCUT2D eigenvalue weighted by atomic mass is 10.3. The number of aromatic hydroxyl groups is 1. The molecule has 3 nitrogen and oxygen atoms in total. The molecule has 4 heteroatoms. The van der Waals surface area contributed by atoms with Crippen LogP contribution in [0, 0.1) is 0 Å². The number of thioether (sulfide) groups is 1. The normalized spacial score (nSPS) is 18.4. The van der Waals surface area contributed by atoms with E-state index < -0.39 is 0 Å². The van der Waals surface area contributed by atoms with E-state index in [9.17, 15) is 5.11 Å². The highest BCUT2D eigenvalue weighted by molar-refractivity contribution is 7.99. The summed E-state index contributed by atoms with van der Waals surface area (Å²) >= 11 is 1.74. The van der Waals surface area contributed by atoms with Gasteiger partial charge in [0.15, 0.2) is 0 Å². The van der Waals surface area contributed by atoms with Gasteiger partial charge in [-0.1, -0.05) is 12.1 Å². The topological polar surface area (TPSA) is 26.7 Å². The first-order chi connectivity index (χ1) is 8.25. The number of hydrogen-bond acceptors (Lipinski definition) is 4. The number of nitrogens with zero attached hydrogens (tertiary/aromatic N) is 2. The monoisotopic (exact) mass is 252 g/mol. The van der Waals surface area contributed by atoms with Gasteiger partial charge in [-0.15, -0.1) is 11.8 Å². The van der Waals surface area contributed by atoms with Gasteiger partial charge in [0.2, 0.25) is 0 Å². The number of hydrogen-bond donors (Lipinski definition) is 1. The van der Waals surface area contributed by atoms with Crippen LogP contribution in [0.2, 0.25) is 0 Å². The van der Waals surface area contributed by atoms with Crippen LogP contribution < -0.4 is 0 Å². The molecule has 1 aromatic rings. The molecule has 17 heavy (non-hydrogen) atoms. The summed E-state index contributed by atoms with van der Waals surface area (Å²) in [6.07, 6.45) is 0. The molecule has 0 amide bonds. The number of para-hydroxylation sites is 1. The standard InChI is InChI=1S/C13H20N2OS/c1-14-6-8-15(9-7-14)10-11-17-13-5-3-2-4-12(13)16/h2-5,16H,6-11H2,1H3. The van der Waals surface area contributed by atoms with Crippen molar-refractivity contribution in [1.29, 1.82) is 0 Å². The lowest BCUT2D eigenvalue weighted by Crippen LogP contribution is -2.45. The molecular weight excluding hydrogens is 232 g/mol. The van der Waals surface area contributed by atoms with Crippen LogP contribution in [0.1, 0.15) is 0 Å². The predicted octanol–water partition coefficient (Wildman–Crippen LogP) is 1.73. The zero-order valence-electron chi connectivity index (χ0n) is 10.3. The minimum atomic E-state index is 0.399. The molecule has 0 saturated carbocycles. The van der Waals surface area contributed by atoms with Crippen molar-refractivity contribution < 1.29 is 5.11 Å². The number of phenols is 1. The van der Waals surface area contributed by atoms with Gasteiger partial charge in [0.05, 0.1) is 0 Å². The van der Waals surface area contributed by atoms with Crippen molar-refractivity contribution in [2.75, 3.05) is 45.5 Å². The third kappa shape index (κ3) is 3.91. The summed E-state index contributed by atoms with van der Waals surface area (Å²) in [7, 11) is 2.17. The molecule has 1 heterocycles. The highest BCUT2D eigenvalue weighted by Gasteiger charge is 2.13. The SMILES string of the molecule is CN1CCN(CCSc2ccccc2O)CC1. The van der Waals surface area contributed by atoms with Crippen molar-refractivity contribution >= 4 is 11.8 Å². The molecule has 0 aliphatic carbocycles. The second kappa shape index (κ2) is 6.28. The van der Waals surface area contributed by atoms with Crippen LogP contribution in [0.25, 0.3) is 0 Å². The van der Waals surface area contributed by atoms with E-state index in [-0.39, 0.29) is 0 Å². The van der Waals surface area contributed by atoms with Crippen molar-refractivity contribution in [1.82, 2.24) is 9.80 Å². The molecule has 0 bridgehead atoms. The highest BCUT2D eigenvalue weighted by Crippen LogP contribution is 2.27. The van der Waals surface area contributed by atoms with Gasteiger partial charge in [0.1, 0.15) is 5.75 Å². The van der Waals surface area contributed by atoms with Crippen LogP contribution in [-0.4, -0.2) is 60.4 Å². The third-order valence-electron chi connectivity index (χ3n) is 3.13. The number of likely N-dealkylation sites (N-methyl/N-ethyl adjacent to an activating group) is 1. The van der Waals surface area contributed by atoms with Gasteiger partial charge >= 0.3 is 0 Å². The smallest absolute Gasteiger partial charge is 0.129 e. The molecular formula is C13H20N2OS. The predicted molar refractivity (Wildman–Crippen MR) is 72.8 cm³/mol. The second-order valence-corrected chi connectivity index (χ2v) is 5.60. The summed E-state index contributed by atoms with van der Waals surface area (Å²) in [6.45, 7) is 5.77. The van der Waals surface area contributed by atoms with E-state index in [4.69, 9.17) is 0 Å². The van der Waals surface area contributed by atoms with E-state index in [0.29, 0.717) is 5.75 Å². The van der Waals surface area contributed by atoms with E-state index in [1.165, 1.54) is 13.1 Å². The van der Waals surface area contributed by atoms with E-state index in [1.54, 1.807) is 17.8 Å². The van der Waals surface area contributed by atoms with Gasteiger partial charge in [0.25, 0.3) is 0 Å². The number of rotatable bonds is 4. The fraction of sp³-hybridized carbons (Fsp3) is 0.538. The lowest BCUT2D eigenvalue weighted by Gasteiger charge is -2.32. The molecule has 0 radical (unpaired) electrons. The Labute approximate surface area is 107 Å². The maximum absolute atomic E-state index is 9.64. The van der Waals surface area contributed by atoms with E-state index in [1.807, 2.05) is 18.2 Å². The Bertz CT molecular complexity index is 351. The van der Waals surface area contributed by atoms with Crippen LogP contribution in [0.15, 0.2) is 29.2 Å². The molecule has 0 aromatic heterocycles. The summed E-state index contributed by atoms with van der Waals surface area (Å²) in [4.78, 5) is 5.85. The molecule has 0 spiro atoms. The molecule has 94 valence electrons. The van der Waals surface area contributed by atoms with E-state index in [0.717, 1.165) is 30.3 Å². The van der Waals surface area contributed by atoms with Gasteiger partial charge in [-0.2, -0.15) is 0 Å². The second-order valence-electron chi connectivity index (χ2n) is 4.46. The summed E-state index contributed by atoms with van der Waals surface area (Å²) in [5, 5.41) is 9.64. The number of benzene rings is 1. The van der Waals surface area contributed by atoms with Crippen molar-refractivity contribution in [2.45, 2.75) is 4.90 Å². The fourth-order valence-corrected chi connectivity index (χ4v) is 2.90. The van der Waals surface area contributed by atoms with Crippen LogP contribution in [0.4, 0.5) is 0 Å². The highest BCUT2D eigenvalue weighted by atomic mass is 32.2. The molecule has 0 unspecified atom stereocenters. The Hall–Kier alpha value is -0.710. The Morgan fingerprint density at radius 2 is 1.88 bits per heavy atom. The summed E-state index contributed by atoms with van der Waals surface area (Å²) in [6, 6.07) is 7.56. The molecule has 1 aliphatic rings. The molecule has 1 aliphatic heterocycles. The van der Waals surface area contributed by atoms with Gasteiger partial charge in [0, 0.05) is 43.4 Å². The van der Waals surface area contributed by atoms with Crippen molar-refractivity contribution in [3.63, 3.8) is 0 Å². The fourth-order valence-electron chi connectivity index (χ4n) is 1.94. The first-order valence-electron chi connectivity index (χ1n) is 6.07. The summed E-state index contributed by atoms with van der Waals surface area (Å²) < 4.78 is 0. The van der Waals surface area contributed by atoms with Gasteiger partial charge in [-0.05, 0) is 19.2 Å².